The van der Waals surface area contributed by atoms with Crippen molar-refractivity contribution in [1.82, 2.24) is 0 Å². The number of hydrogen-bond donors (Lipinski definition) is 1. The van der Waals surface area contributed by atoms with Gasteiger partial charge in [-0.1, -0.05) is 6.08 Å². The SMILES string of the molecule is C=CC(N)S(=O)OC. The van der Waals surface area contributed by atoms with Crippen molar-refractivity contribution in [1.29, 1.82) is 0 Å². The van der Waals surface area contributed by atoms with Crippen molar-refractivity contribution in [2.45, 2.75) is 5.37 Å². The van der Waals surface area contributed by atoms with E-state index in [-0.39, 0.29) is 0 Å². The molecule has 0 aromatic rings. The van der Waals surface area contributed by atoms with Gasteiger partial charge in [0, 0.05) is 0 Å². The first-order valence-electron chi connectivity index (χ1n) is 2.05. The lowest BCUT2D eigenvalue weighted by atomic mass is 10.7. The Hall–Kier alpha value is -0.190. The minimum absolute atomic E-state index is 0.569. The summed E-state index contributed by atoms with van der Waals surface area (Å²) < 4.78 is 14.8. The van der Waals surface area contributed by atoms with E-state index in [9.17, 15) is 4.21 Å². The van der Waals surface area contributed by atoms with E-state index in [1.807, 2.05) is 0 Å². The smallest absolute Gasteiger partial charge is 0.176 e. The van der Waals surface area contributed by atoms with Crippen molar-refractivity contribution in [3.63, 3.8) is 0 Å². The lowest BCUT2D eigenvalue weighted by molar-refractivity contribution is 0.441. The van der Waals surface area contributed by atoms with Gasteiger partial charge in [0.15, 0.2) is 11.1 Å². The molecule has 0 radical (unpaired) electrons. The van der Waals surface area contributed by atoms with Gasteiger partial charge in [0.05, 0.1) is 7.11 Å². The molecule has 48 valence electrons. The first-order valence-corrected chi connectivity index (χ1v) is 3.19. The van der Waals surface area contributed by atoms with Gasteiger partial charge in [0.1, 0.15) is 5.37 Å². The van der Waals surface area contributed by atoms with E-state index < -0.39 is 16.5 Å². The molecule has 0 saturated heterocycles. The summed E-state index contributed by atoms with van der Waals surface area (Å²) in [5.74, 6) is 0. The van der Waals surface area contributed by atoms with E-state index in [1.54, 1.807) is 0 Å². The second-order valence-electron chi connectivity index (χ2n) is 1.13. The monoisotopic (exact) mass is 135 g/mol. The molecular weight excluding hydrogens is 126 g/mol. The molecule has 0 saturated carbocycles. The second-order valence-corrected chi connectivity index (χ2v) is 2.53. The van der Waals surface area contributed by atoms with Gasteiger partial charge in [-0.25, -0.2) is 4.21 Å². The first-order chi connectivity index (χ1) is 3.72. The molecule has 2 atom stereocenters. The highest BCUT2D eigenvalue weighted by molar-refractivity contribution is 7.80. The van der Waals surface area contributed by atoms with Crippen LogP contribution in [0.5, 0.6) is 0 Å². The average Bonchev–Trinajstić information content (AvgIpc) is 1.84. The van der Waals surface area contributed by atoms with Crippen molar-refractivity contribution < 1.29 is 8.39 Å². The highest BCUT2D eigenvalue weighted by Gasteiger charge is 2.03. The minimum Gasteiger partial charge on any atom is -0.312 e. The van der Waals surface area contributed by atoms with Crippen LogP contribution >= 0.6 is 0 Å². The highest BCUT2D eigenvalue weighted by atomic mass is 32.2. The summed E-state index contributed by atoms with van der Waals surface area (Å²) in [4.78, 5) is 0. The van der Waals surface area contributed by atoms with Gasteiger partial charge in [0.25, 0.3) is 0 Å². The standard InChI is InChI=1S/C4H9NO2S/c1-3-4(5)8(6)7-2/h3-4H,1,5H2,2H3. The summed E-state index contributed by atoms with van der Waals surface area (Å²) in [5, 5.41) is -0.569. The molecule has 0 amide bonds. The Balaban J connectivity index is 3.62. The molecule has 0 spiro atoms. The fraction of sp³-hybridized carbons (Fsp3) is 0.500. The van der Waals surface area contributed by atoms with Crippen LogP contribution in [0.2, 0.25) is 0 Å². The van der Waals surface area contributed by atoms with Crippen LogP contribution in [0.1, 0.15) is 0 Å². The molecule has 0 aromatic heterocycles. The molecule has 8 heavy (non-hydrogen) atoms. The summed E-state index contributed by atoms with van der Waals surface area (Å²) in [5.41, 5.74) is 5.18. The zero-order valence-electron chi connectivity index (χ0n) is 4.66. The van der Waals surface area contributed by atoms with E-state index in [0.717, 1.165) is 0 Å². The summed E-state index contributed by atoms with van der Waals surface area (Å²) in [6.45, 7) is 3.33. The van der Waals surface area contributed by atoms with Crippen LogP contribution in [0.3, 0.4) is 0 Å². The fourth-order valence-corrected chi connectivity index (χ4v) is 0.569. The van der Waals surface area contributed by atoms with Crippen molar-refractivity contribution in [2.75, 3.05) is 7.11 Å². The van der Waals surface area contributed by atoms with Crippen LogP contribution in [-0.4, -0.2) is 16.7 Å². The van der Waals surface area contributed by atoms with Crippen LogP contribution < -0.4 is 5.73 Å². The fourth-order valence-electron chi connectivity index (χ4n) is 0.190. The van der Waals surface area contributed by atoms with E-state index in [1.165, 1.54) is 13.2 Å². The van der Waals surface area contributed by atoms with Gasteiger partial charge < -0.3 is 5.73 Å². The molecular formula is C4H9NO2S. The molecule has 2 unspecified atom stereocenters. The van der Waals surface area contributed by atoms with Crippen molar-refractivity contribution >= 4 is 11.1 Å². The van der Waals surface area contributed by atoms with E-state index >= 15 is 0 Å². The molecule has 0 aromatic carbocycles. The van der Waals surface area contributed by atoms with E-state index in [4.69, 9.17) is 5.73 Å². The summed E-state index contributed by atoms with van der Waals surface area (Å²) in [6, 6.07) is 0. The molecule has 0 rings (SSSR count). The predicted octanol–water partition coefficient (Wildman–Crippen LogP) is -0.233. The van der Waals surface area contributed by atoms with Crippen LogP contribution in [-0.2, 0) is 15.3 Å². The topological polar surface area (TPSA) is 52.3 Å². The average molecular weight is 135 g/mol. The Morgan fingerprint density at radius 2 is 2.50 bits per heavy atom. The van der Waals surface area contributed by atoms with Crippen LogP contribution in [0.4, 0.5) is 0 Å². The Morgan fingerprint density at radius 1 is 2.00 bits per heavy atom. The maximum Gasteiger partial charge on any atom is 0.176 e. The first kappa shape index (κ1) is 7.81. The number of rotatable bonds is 3. The van der Waals surface area contributed by atoms with Gasteiger partial charge in [-0.15, -0.1) is 6.58 Å². The lowest BCUT2D eigenvalue weighted by Crippen LogP contribution is -2.23. The van der Waals surface area contributed by atoms with Gasteiger partial charge in [0.2, 0.25) is 0 Å². The van der Waals surface area contributed by atoms with Crippen molar-refractivity contribution in [3.05, 3.63) is 12.7 Å². The Bertz CT molecular complexity index is 104. The van der Waals surface area contributed by atoms with Gasteiger partial charge in [-0.05, 0) is 0 Å². The van der Waals surface area contributed by atoms with Crippen LogP contribution in [0, 0.1) is 0 Å². The minimum atomic E-state index is -1.41. The zero-order valence-corrected chi connectivity index (χ0v) is 5.48. The Morgan fingerprint density at radius 3 is 2.62 bits per heavy atom. The molecule has 0 bridgehead atoms. The van der Waals surface area contributed by atoms with Gasteiger partial charge in [-0.3, -0.25) is 4.18 Å². The largest absolute Gasteiger partial charge is 0.312 e. The maximum absolute atomic E-state index is 10.4. The highest BCUT2D eigenvalue weighted by Crippen LogP contribution is 1.88. The Labute approximate surface area is 51.2 Å². The van der Waals surface area contributed by atoms with Crippen molar-refractivity contribution in [2.24, 2.45) is 5.73 Å². The normalized spacial score (nSPS) is 17.2. The van der Waals surface area contributed by atoms with Gasteiger partial charge in [-0.2, -0.15) is 0 Å². The van der Waals surface area contributed by atoms with E-state index in [0.29, 0.717) is 0 Å². The quantitative estimate of drug-likeness (QED) is 0.544. The lowest BCUT2D eigenvalue weighted by Gasteiger charge is -2.00. The van der Waals surface area contributed by atoms with Crippen molar-refractivity contribution in [3.8, 4) is 0 Å². The van der Waals surface area contributed by atoms with Gasteiger partial charge >= 0.3 is 0 Å². The number of nitrogens with two attached hydrogens (primary N) is 1. The number of hydrogen-bond acceptors (Lipinski definition) is 3. The molecule has 0 heterocycles. The van der Waals surface area contributed by atoms with E-state index in [2.05, 4.69) is 10.8 Å². The summed E-state index contributed by atoms with van der Waals surface area (Å²) in [7, 11) is 1.33. The van der Waals surface area contributed by atoms with Crippen LogP contribution in [0.15, 0.2) is 12.7 Å². The molecule has 2 N–H and O–H groups in total. The summed E-state index contributed by atoms with van der Waals surface area (Å²) in [6.07, 6.45) is 1.37. The molecule has 3 nitrogen and oxygen atoms in total. The third kappa shape index (κ3) is 2.20. The second kappa shape index (κ2) is 3.77. The maximum atomic E-state index is 10.4. The third-order valence-corrected chi connectivity index (χ3v) is 1.58. The molecule has 0 aliphatic rings. The third-order valence-electron chi connectivity index (χ3n) is 0.619. The molecule has 4 heteroatoms. The predicted molar refractivity (Wildman–Crippen MR) is 33.3 cm³/mol. The Kier molecular flexibility index (Phi) is 3.68. The molecule has 0 aliphatic carbocycles. The van der Waals surface area contributed by atoms with Crippen LogP contribution in [0.25, 0.3) is 0 Å². The molecule has 0 fully saturated rings. The molecule has 0 aliphatic heterocycles. The summed E-state index contributed by atoms with van der Waals surface area (Å²) >= 11 is -1.41. The zero-order chi connectivity index (χ0) is 6.57.